The van der Waals surface area contributed by atoms with Crippen LogP contribution in [0.4, 0.5) is 0 Å². The van der Waals surface area contributed by atoms with E-state index < -0.39 is 0 Å². The summed E-state index contributed by atoms with van der Waals surface area (Å²) in [5.41, 5.74) is 0. The van der Waals surface area contributed by atoms with Crippen LogP contribution in [0.3, 0.4) is 0 Å². The van der Waals surface area contributed by atoms with Crippen molar-refractivity contribution in [2.24, 2.45) is 11.8 Å². The van der Waals surface area contributed by atoms with Crippen molar-refractivity contribution in [1.82, 2.24) is 0 Å². The van der Waals surface area contributed by atoms with Crippen molar-refractivity contribution < 1.29 is 14.6 Å². The molecule has 0 fully saturated rings. The van der Waals surface area contributed by atoms with E-state index in [0.29, 0.717) is 38.1 Å². The van der Waals surface area contributed by atoms with Crippen molar-refractivity contribution in [3.8, 4) is 0 Å². The summed E-state index contributed by atoms with van der Waals surface area (Å²) in [5, 5.41) is 8.60. The van der Waals surface area contributed by atoms with Crippen LogP contribution in [-0.2, 0) is 9.47 Å². The highest BCUT2D eigenvalue weighted by Gasteiger charge is 2.18. The molecule has 0 heterocycles. The normalized spacial score (nSPS) is 24.8. The molecule has 0 radical (unpaired) electrons. The van der Waals surface area contributed by atoms with Crippen LogP contribution in [0.15, 0.2) is 48.3 Å². The lowest BCUT2D eigenvalue weighted by Gasteiger charge is -2.23. The van der Waals surface area contributed by atoms with E-state index >= 15 is 0 Å². The van der Waals surface area contributed by atoms with Gasteiger partial charge in [-0.25, -0.2) is 0 Å². The zero-order valence-corrected chi connectivity index (χ0v) is 10.5. The second-order valence-corrected chi connectivity index (χ2v) is 4.39. The highest BCUT2D eigenvalue weighted by Crippen LogP contribution is 2.28. The first-order valence-electron chi connectivity index (χ1n) is 6.46. The molecule has 2 rings (SSSR count). The van der Waals surface area contributed by atoms with Crippen LogP contribution >= 0.6 is 0 Å². The Hall–Kier alpha value is -1.32. The number of fused-ring (bicyclic) bond motifs is 1. The molecule has 18 heavy (non-hydrogen) atoms. The number of allylic oxidation sites excluding steroid dienone is 7. The van der Waals surface area contributed by atoms with Crippen molar-refractivity contribution >= 4 is 0 Å². The maximum absolute atomic E-state index is 8.60. The minimum atomic E-state index is 0.178. The molecule has 1 N–H and O–H groups in total. The molecule has 0 aromatic rings. The number of aliphatic hydroxyl groups excluding tert-OH is 1. The smallest absolute Gasteiger partial charge is 0.115 e. The molecule has 0 aromatic heterocycles. The van der Waals surface area contributed by atoms with E-state index in [1.54, 1.807) is 0 Å². The summed E-state index contributed by atoms with van der Waals surface area (Å²) < 4.78 is 11.0. The fraction of sp³-hybridized carbons (Fsp3) is 0.467. The Morgan fingerprint density at radius 1 is 1.00 bits per heavy atom. The molecular formula is C15H20O3. The van der Waals surface area contributed by atoms with Gasteiger partial charge in [-0.15, -0.1) is 0 Å². The third-order valence-electron chi connectivity index (χ3n) is 3.00. The summed E-state index contributed by atoms with van der Waals surface area (Å²) in [4.78, 5) is 0. The van der Waals surface area contributed by atoms with Gasteiger partial charge in [-0.1, -0.05) is 30.4 Å². The van der Waals surface area contributed by atoms with Crippen LogP contribution in [0.1, 0.15) is 6.42 Å². The van der Waals surface area contributed by atoms with Gasteiger partial charge in [-0.3, -0.25) is 0 Å². The maximum atomic E-state index is 8.60. The van der Waals surface area contributed by atoms with E-state index in [0.717, 1.165) is 5.76 Å². The Labute approximate surface area is 108 Å². The quantitative estimate of drug-likeness (QED) is 0.702. The summed E-state index contributed by atoms with van der Waals surface area (Å²) in [6.07, 6.45) is 15.6. The zero-order valence-electron chi connectivity index (χ0n) is 10.5. The topological polar surface area (TPSA) is 38.7 Å². The lowest BCUT2D eigenvalue weighted by Crippen LogP contribution is -2.13. The van der Waals surface area contributed by atoms with Crippen LogP contribution in [0, 0.1) is 11.8 Å². The van der Waals surface area contributed by atoms with Crippen LogP contribution in [0.25, 0.3) is 0 Å². The first-order valence-corrected chi connectivity index (χ1v) is 6.46. The largest absolute Gasteiger partial charge is 0.492 e. The second kappa shape index (κ2) is 7.19. The summed E-state index contributed by atoms with van der Waals surface area (Å²) >= 11 is 0. The standard InChI is InChI=1S/C15H20O3/c16-8-3-9-17-10-11-18-15-7-6-13-4-1-2-5-14(13)12-15/h1-2,4-7,12-14,16H,3,8-11H2. The number of hydrogen-bond acceptors (Lipinski definition) is 3. The molecule has 98 valence electrons. The fourth-order valence-electron chi connectivity index (χ4n) is 2.04. The van der Waals surface area contributed by atoms with Crippen LogP contribution in [-0.4, -0.2) is 31.5 Å². The number of aliphatic hydroxyl groups is 1. The molecule has 3 heteroatoms. The zero-order chi connectivity index (χ0) is 12.6. The predicted octanol–water partition coefficient (Wildman–Crippen LogP) is 2.21. The van der Waals surface area contributed by atoms with Crippen LogP contribution in [0.5, 0.6) is 0 Å². The molecule has 0 aliphatic heterocycles. The summed E-state index contributed by atoms with van der Waals surface area (Å²) in [7, 11) is 0. The Bertz CT molecular complexity index is 366. The Morgan fingerprint density at radius 2 is 1.83 bits per heavy atom. The van der Waals surface area contributed by atoms with Gasteiger partial charge in [0.15, 0.2) is 0 Å². The van der Waals surface area contributed by atoms with Gasteiger partial charge in [0.2, 0.25) is 0 Å². The maximum Gasteiger partial charge on any atom is 0.115 e. The first-order chi connectivity index (χ1) is 8.90. The van der Waals surface area contributed by atoms with Crippen molar-refractivity contribution in [1.29, 1.82) is 0 Å². The molecule has 0 aromatic carbocycles. The fourth-order valence-corrected chi connectivity index (χ4v) is 2.04. The van der Waals surface area contributed by atoms with E-state index in [-0.39, 0.29) is 6.61 Å². The van der Waals surface area contributed by atoms with E-state index in [2.05, 4.69) is 36.5 Å². The first kappa shape index (κ1) is 13.1. The van der Waals surface area contributed by atoms with Crippen molar-refractivity contribution in [2.45, 2.75) is 6.42 Å². The average molecular weight is 248 g/mol. The molecule has 2 aliphatic rings. The molecule has 2 atom stereocenters. The number of ether oxygens (including phenoxy) is 2. The van der Waals surface area contributed by atoms with E-state index in [4.69, 9.17) is 14.6 Å². The van der Waals surface area contributed by atoms with Crippen molar-refractivity contribution in [3.63, 3.8) is 0 Å². The monoisotopic (exact) mass is 248 g/mol. The molecule has 0 saturated carbocycles. The van der Waals surface area contributed by atoms with Gasteiger partial charge in [0.25, 0.3) is 0 Å². The lowest BCUT2D eigenvalue weighted by atomic mass is 9.85. The minimum absolute atomic E-state index is 0.178. The van der Waals surface area contributed by atoms with Gasteiger partial charge >= 0.3 is 0 Å². The Morgan fingerprint density at radius 3 is 2.67 bits per heavy atom. The van der Waals surface area contributed by atoms with Crippen molar-refractivity contribution in [3.05, 3.63) is 48.3 Å². The van der Waals surface area contributed by atoms with Gasteiger partial charge < -0.3 is 14.6 Å². The van der Waals surface area contributed by atoms with Gasteiger partial charge in [-0.2, -0.15) is 0 Å². The van der Waals surface area contributed by atoms with Crippen LogP contribution in [0.2, 0.25) is 0 Å². The third-order valence-corrected chi connectivity index (χ3v) is 3.00. The molecule has 0 saturated heterocycles. The molecule has 2 aliphatic carbocycles. The van der Waals surface area contributed by atoms with Gasteiger partial charge in [-0.05, 0) is 18.6 Å². The second-order valence-electron chi connectivity index (χ2n) is 4.39. The van der Waals surface area contributed by atoms with E-state index in [9.17, 15) is 0 Å². The highest BCUT2D eigenvalue weighted by molar-refractivity contribution is 5.31. The number of rotatable bonds is 7. The third kappa shape index (κ3) is 3.86. The van der Waals surface area contributed by atoms with Gasteiger partial charge in [0.1, 0.15) is 12.4 Å². The van der Waals surface area contributed by atoms with Gasteiger partial charge in [0, 0.05) is 25.0 Å². The van der Waals surface area contributed by atoms with E-state index in [1.807, 2.05) is 6.08 Å². The summed E-state index contributed by atoms with van der Waals surface area (Å²) in [6.45, 7) is 1.89. The molecular weight excluding hydrogens is 228 g/mol. The molecule has 0 bridgehead atoms. The predicted molar refractivity (Wildman–Crippen MR) is 71.0 cm³/mol. The van der Waals surface area contributed by atoms with Crippen molar-refractivity contribution in [2.75, 3.05) is 26.4 Å². The summed E-state index contributed by atoms with van der Waals surface area (Å²) in [6, 6.07) is 0. The SMILES string of the molecule is OCCCOCCOC1=CC2C=CC=CC2C=C1. The van der Waals surface area contributed by atoms with Gasteiger partial charge in [0.05, 0.1) is 6.61 Å². The lowest BCUT2D eigenvalue weighted by molar-refractivity contribution is 0.0695. The Balaban J connectivity index is 1.68. The Kier molecular flexibility index (Phi) is 5.24. The van der Waals surface area contributed by atoms with Crippen LogP contribution < -0.4 is 0 Å². The molecule has 0 amide bonds. The number of hydrogen-bond donors (Lipinski definition) is 1. The highest BCUT2D eigenvalue weighted by atomic mass is 16.5. The molecule has 0 spiro atoms. The molecule has 3 nitrogen and oxygen atoms in total. The minimum Gasteiger partial charge on any atom is -0.492 e. The molecule has 2 unspecified atom stereocenters. The van der Waals surface area contributed by atoms with E-state index in [1.165, 1.54) is 0 Å². The average Bonchev–Trinajstić information content (AvgIpc) is 2.42. The summed E-state index contributed by atoms with van der Waals surface area (Å²) in [5.74, 6) is 1.82.